The van der Waals surface area contributed by atoms with E-state index in [-0.39, 0.29) is 11.9 Å². The van der Waals surface area contributed by atoms with Crippen LogP contribution in [0.1, 0.15) is 37.8 Å². The standard InChI is InChI=1S/C19H23ClN4O2S/c20-14-6-5-7-15(12-14)21-18(26)23-19-22-16(13-27-19)8-9-17(25)24-10-3-1-2-4-11-24/h5-7,12-13H,1-4,8-11H2,(H2,21,22,23,26). The van der Waals surface area contributed by atoms with E-state index in [9.17, 15) is 9.59 Å². The highest BCUT2D eigenvalue weighted by molar-refractivity contribution is 7.13. The molecule has 3 amide bonds. The van der Waals surface area contributed by atoms with Crippen molar-refractivity contribution in [3.05, 3.63) is 40.4 Å². The van der Waals surface area contributed by atoms with Gasteiger partial charge in [0.15, 0.2) is 5.13 Å². The van der Waals surface area contributed by atoms with Gasteiger partial charge in [0.25, 0.3) is 0 Å². The number of aryl methyl sites for hydroxylation is 1. The van der Waals surface area contributed by atoms with Crippen LogP contribution in [0.15, 0.2) is 29.6 Å². The van der Waals surface area contributed by atoms with Gasteiger partial charge in [-0.15, -0.1) is 11.3 Å². The van der Waals surface area contributed by atoms with Crippen molar-refractivity contribution in [1.82, 2.24) is 9.88 Å². The van der Waals surface area contributed by atoms with Gasteiger partial charge in [0.2, 0.25) is 5.91 Å². The van der Waals surface area contributed by atoms with Crippen LogP contribution in [0.5, 0.6) is 0 Å². The van der Waals surface area contributed by atoms with E-state index < -0.39 is 0 Å². The van der Waals surface area contributed by atoms with Gasteiger partial charge in [0, 0.05) is 35.6 Å². The summed E-state index contributed by atoms with van der Waals surface area (Å²) in [5.41, 5.74) is 1.43. The number of nitrogens with one attached hydrogen (secondary N) is 2. The zero-order chi connectivity index (χ0) is 19.1. The van der Waals surface area contributed by atoms with E-state index in [2.05, 4.69) is 15.6 Å². The first-order chi connectivity index (χ1) is 13.1. The van der Waals surface area contributed by atoms with Crippen LogP contribution in [-0.4, -0.2) is 34.9 Å². The number of rotatable bonds is 5. The third-order valence-electron chi connectivity index (χ3n) is 4.41. The maximum absolute atomic E-state index is 12.4. The predicted molar refractivity (Wildman–Crippen MR) is 110 cm³/mol. The quantitative estimate of drug-likeness (QED) is 0.750. The van der Waals surface area contributed by atoms with Crippen molar-refractivity contribution < 1.29 is 9.59 Å². The van der Waals surface area contributed by atoms with Gasteiger partial charge >= 0.3 is 6.03 Å². The number of likely N-dealkylation sites (tertiary alicyclic amines) is 1. The molecule has 1 saturated heterocycles. The summed E-state index contributed by atoms with van der Waals surface area (Å²) in [6, 6.07) is 6.56. The summed E-state index contributed by atoms with van der Waals surface area (Å²) in [6.45, 7) is 1.73. The van der Waals surface area contributed by atoms with Crippen molar-refractivity contribution in [2.45, 2.75) is 38.5 Å². The Morgan fingerprint density at radius 2 is 1.93 bits per heavy atom. The molecule has 144 valence electrons. The summed E-state index contributed by atoms with van der Waals surface area (Å²) < 4.78 is 0. The zero-order valence-electron chi connectivity index (χ0n) is 15.0. The molecule has 2 N–H and O–H groups in total. The number of carbonyl (C=O) groups is 2. The number of anilines is 2. The molecule has 0 spiro atoms. The molecule has 3 rings (SSSR count). The van der Waals surface area contributed by atoms with Gasteiger partial charge in [-0.05, 0) is 37.5 Å². The zero-order valence-corrected chi connectivity index (χ0v) is 16.6. The Labute approximate surface area is 167 Å². The molecule has 0 aliphatic carbocycles. The number of aromatic nitrogens is 1. The molecule has 1 fully saturated rings. The number of carbonyl (C=O) groups excluding carboxylic acids is 2. The lowest BCUT2D eigenvalue weighted by atomic mass is 10.2. The monoisotopic (exact) mass is 406 g/mol. The van der Waals surface area contributed by atoms with Gasteiger partial charge in [-0.1, -0.05) is 30.5 Å². The molecule has 2 heterocycles. The lowest BCUT2D eigenvalue weighted by Gasteiger charge is -2.19. The second-order valence-electron chi connectivity index (χ2n) is 6.53. The first-order valence-corrected chi connectivity index (χ1v) is 10.4. The number of halogens is 1. The van der Waals surface area contributed by atoms with Gasteiger partial charge in [-0.2, -0.15) is 0 Å². The van der Waals surface area contributed by atoms with Crippen LogP contribution in [0.25, 0.3) is 0 Å². The summed E-state index contributed by atoms with van der Waals surface area (Å²) >= 11 is 7.25. The highest BCUT2D eigenvalue weighted by Crippen LogP contribution is 2.19. The van der Waals surface area contributed by atoms with Crippen LogP contribution in [0.2, 0.25) is 5.02 Å². The molecule has 1 aromatic carbocycles. The number of amides is 3. The Balaban J connectivity index is 1.46. The molecule has 27 heavy (non-hydrogen) atoms. The van der Waals surface area contributed by atoms with Crippen molar-refractivity contribution in [2.24, 2.45) is 0 Å². The second kappa shape index (κ2) is 9.71. The number of nitrogens with zero attached hydrogens (tertiary/aromatic N) is 2. The van der Waals surface area contributed by atoms with Crippen LogP contribution in [0.3, 0.4) is 0 Å². The van der Waals surface area contributed by atoms with E-state index in [0.717, 1.165) is 31.6 Å². The average Bonchev–Trinajstić information content (AvgIpc) is 2.90. The number of urea groups is 1. The minimum atomic E-state index is -0.376. The fraction of sp³-hybridized carbons (Fsp3) is 0.421. The van der Waals surface area contributed by atoms with Crippen molar-refractivity contribution in [2.75, 3.05) is 23.7 Å². The van der Waals surface area contributed by atoms with Gasteiger partial charge < -0.3 is 10.2 Å². The van der Waals surface area contributed by atoms with Crippen molar-refractivity contribution >= 4 is 45.7 Å². The van der Waals surface area contributed by atoms with E-state index >= 15 is 0 Å². The van der Waals surface area contributed by atoms with Crippen LogP contribution < -0.4 is 10.6 Å². The first kappa shape index (κ1) is 19.6. The molecular weight excluding hydrogens is 384 g/mol. The van der Waals surface area contributed by atoms with E-state index in [1.165, 1.54) is 24.2 Å². The normalized spacial score (nSPS) is 14.5. The molecule has 1 aliphatic heterocycles. The van der Waals surface area contributed by atoms with E-state index in [1.807, 2.05) is 10.3 Å². The van der Waals surface area contributed by atoms with Gasteiger partial charge in [0.1, 0.15) is 0 Å². The van der Waals surface area contributed by atoms with Gasteiger partial charge in [0.05, 0.1) is 5.69 Å². The molecular formula is C19H23ClN4O2S. The fourth-order valence-electron chi connectivity index (χ4n) is 3.02. The molecule has 0 bridgehead atoms. The van der Waals surface area contributed by atoms with Crippen molar-refractivity contribution in [3.63, 3.8) is 0 Å². The van der Waals surface area contributed by atoms with E-state index in [4.69, 9.17) is 11.6 Å². The van der Waals surface area contributed by atoms with Gasteiger partial charge in [-0.25, -0.2) is 9.78 Å². The molecule has 6 nitrogen and oxygen atoms in total. The largest absolute Gasteiger partial charge is 0.343 e. The molecule has 0 atom stereocenters. The Bertz CT molecular complexity index is 788. The topological polar surface area (TPSA) is 74.3 Å². The number of hydrogen-bond donors (Lipinski definition) is 2. The van der Waals surface area contributed by atoms with Crippen LogP contribution in [0, 0.1) is 0 Å². The predicted octanol–water partition coefficient (Wildman–Crippen LogP) is 4.78. The Morgan fingerprint density at radius 1 is 1.15 bits per heavy atom. The van der Waals surface area contributed by atoms with Crippen LogP contribution in [-0.2, 0) is 11.2 Å². The molecule has 0 radical (unpaired) electrons. The van der Waals surface area contributed by atoms with Crippen molar-refractivity contribution in [3.8, 4) is 0 Å². The Morgan fingerprint density at radius 3 is 2.67 bits per heavy atom. The summed E-state index contributed by atoms with van der Waals surface area (Å²) in [7, 11) is 0. The SMILES string of the molecule is O=C(Nc1cccc(Cl)c1)Nc1nc(CCC(=O)N2CCCCCC2)cs1. The fourth-order valence-corrected chi connectivity index (χ4v) is 3.95. The minimum Gasteiger partial charge on any atom is -0.343 e. The summed E-state index contributed by atoms with van der Waals surface area (Å²) in [5.74, 6) is 0.193. The molecule has 0 saturated carbocycles. The number of benzene rings is 1. The molecule has 1 aliphatic rings. The smallest absolute Gasteiger partial charge is 0.325 e. The van der Waals surface area contributed by atoms with E-state index in [1.54, 1.807) is 24.3 Å². The third kappa shape index (κ3) is 6.22. The molecule has 8 heteroatoms. The minimum absolute atomic E-state index is 0.193. The van der Waals surface area contributed by atoms with E-state index in [0.29, 0.717) is 28.7 Å². The third-order valence-corrected chi connectivity index (χ3v) is 5.45. The van der Waals surface area contributed by atoms with Gasteiger partial charge in [-0.3, -0.25) is 10.1 Å². The highest BCUT2D eigenvalue weighted by atomic mass is 35.5. The maximum Gasteiger partial charge on any atom is 0.325 e. The van der Waals surface area contributed by atoms with Crippen molar-refractivity contribution in [1.29, 1.82) is 0 Å². The maximum atomic E-state index is 12.4. The summed E-state index contributed by atoms with van der Waals surface area (Å²) in [6.07, 6.45) is 5.65. The summed E-state index contributed by atoms with van der Waals surface area (Å²) in [5, 5.41) is 8.36. The van der Waals surface area contributed by atoms with Crippen LogP contribution in [0.4, 0.5) is 15.6 Å². The number of hydrogen-bond acceptors (Lipinski definition) is 4. The summed E-state index contributed by atoms with van der Waals surface area (Å²) in [4.78, 5) is 30.8. The molecule has 0 unspecified atom stereocenters. The number of thiazole rings is 1. The first-order valence-electron chi connectivity index (χ1n) is 9.16. The average molecular weight is 407 g/mol. The lowest BCUT2D eigenvalue weighted by Crippen LogP contribution is -2.31. The molecule has 2 aromatic rings. The Kier molecular flexibility index (Phi) is 7.06. The van der Waals surface area contributed by atoms with Crippen LogP contribution >= 0.6 is 22.9 Å². The molecule has 1 aromatic heterocycles. The lowest BCUT2D eigenvalue weighted by molar-refractivity contribution is -0.131. The Hall–Kier alpha value is -2.12. The second-order valence-corrected chi connectivity index (χ2v) is 7.82. The highest BCUT2D eigenvalue weighted by Gasteiger charge is 2.16.